The van der Waals surface area contributed by atoms with E-state index in [9.17, 15) is 24.0 Å². The topological polar surface area (TPSA) is 163 Å². The largest absolute Gasteiger partial charge is 0.324 e. The van der Waals surface area contributed by atoms with Crippen LogP contribution >= 0.6 is 0 Å². The molecule has 0 bridgehead atoms. The van der Waals surface area contributed by atoms with Gasteiger partial charge >= 0.3 is 0 Å². The van der Waals surface area contributed by atoms with Gasteiger partial charge in [0.05, 0.1) is 16.8 Å². The number of fused-ring (bicyclic) bond motifs is 1. The first kappa shape index (κ1) is 26.4. The van der Waals surface area contributed by atoms with Gasteiger partial charge in [-0.25, -0.2) is 9.97 Å². The number of hydrogen-bond acceptors (Lipinski definition) is 9. The molecule has 4 heterocycles. The molecule has 2 aliphatic heterocycles. The number of pyridine rings is 1. The number of carbonyl (C=O) groups is 5. The number of hydrogen-bond donors (Lipinski definition) is 3. The fraction of sp³-hybridized carbons (Fsp3) is 0.133. The monoisotopic (exact) mass is 561 g/mol. The summed E-state index contributed by atoms with van der Waals surface area (Å²) in [5.74, 6) is -2.61. The van der Waals surface area contributed by atoms with Crippen LogP contribution in [0.2, 0.25) is 0 Å². The van der Waals surface area contributed by atoms with E-state index in [2.05, 4.69) is 30.9 Å². The molecule has 1 saturated heterocycles. The molecule has 42 heavy (non-hydrogen) atoms. The van der Waals surface area contributed by atoms with Gasteiger partial charge in [0, 0.05) is 47.5 Å². The number of nitrogens with one attached hydrogen (secondary N) is 3. The van der Waals surface area contributed by atoms with Crippen molar-refractivity contribution in [2.75, 3.05) is 10.6 Å². The van der Waals surface area contributed by atoms with Crippen molar-refractivity contribution in [1.82, 2.24) is 25.2 Å². The second-order valence-corrected chi connectivity index (χ2v) is 9.82. The van der Waals surface area contributed by atoms with E-state index in [0.717, 1.165) is 16.0 Å². The molecule has 1 fully saturated rings. The number of amides is 5. The van der Waals surface area contributed by atoms with E-state index in [1.165, 1.54) is 18.2 Å². The average molecular weight is 562 g/mol. The minimum Gasteiger partial charge on any atom is -0.324 e. The van der Waals surface area contributed by atoms with Crippen molar-refractivity contribution in [3.63, 3.8) is 0 Å². The van der Waals surface area contributed by atoms with Gasteiger partial charge in [0.1, 0.15) is 6.04 Å². The molecule has 2 aromatic carbocycles. The second-order valence-electron chi connectivity index (χ2n) is 9.82. The molecule has 2 aromatic heterocycles. The maximum atomic E-state index is 13.2. The third-order valence-corrected chi connectivity index (χ3v) is 7.06. The van der Waals surface area contributed by atoms with E-state index < -0.39 is 35.6 Å². The van der Waals surface area contributed by atoms with Gasteiger partial charge in [-0.2, -0.15) is 0 Å². The van der Waals surface area contributed by atoms with Gasteiger partial charge in [0.2, 0.25) is 17.8 Å². The standard InChI is InChI=1S/C30H23N7O5/c1-16-4-6-19(14-23(16)35-30-32-12-10-22(34-30)18-3-2-11-31-15-18)33-26(39)17-5-7-20-21(13-17)29(42)37(28(20)41)24-8-9-25(38)36-27(24)40/h2-7,10-15,24H,8-9H2,1H3,(H,33,39)(H,32,34,35)(H,36,38,40). The first-order valence-electron chi connectivity index (χ1n) is 13.1. The molecule has 0 saturated carbocycles. The summed E-state index contributed by atoms with van der Waals surface area (Å²) in [6.07, 6.45) is 5.10. The fourth-order valence-corrected chi connectivity index (χ4v) is 4.86. The van der Waals surface area contributed by atoms with Crippen LogP contribution < -0.4 is 16.0 Å². The van der Waals surface area contributed by atoms with Crippen LogP contribution in [0.5, 0.6) is 0 Å². The molecule has 4 aromatic rings. The van der Waals surface area contributed by atoms with Crippen LogP contribution in [0.15, 0.2) is 73.2 Å². The van der Waals surface area contributed by atoms with Gasteiger partial charge < -0.3 is 10.6 Å². The first-order chi connectivity index (χ1) is 20.3. The van der Waals surface area contributed by atoms with Gasteiger partial charge in [0.25, 0.3) is 17.7 Å². The van der Waals surface area contributed by atoms with Crippen molar-refractivity contribution in [3.05, 3.63) is 95.4 Å². The van der Waals surface area contributed by atoms with Crippen molar-refractivity contribution in [1.29, 1.82) is 0 Å². The molecule has 2 aliphatic rings. The summed E-state index contributed by atoms with van der Waals surface area (Å²) in [6, 6.07) is 13.9. The van der Waals surface area contributed by atoms with Crippen LogP contribution in [-0.4, -0.2) is 55.4 Å². The Morgan fingerprint density at radius 3 is 2.60 bits per heavy atom. The highest BCUT2D eigenvalue weighted by molar-refractivity contribution is 6.24. The van der Waals surface area contributed by atoms with Crippen molar-refractivity contribution < 1.29 is 24.0 Å². The van der Waals surface area contributed by atoms with E-state index in [4.69, 9.17) is 0 Å². The van der Waals surface area contributed by atoms with Crippen LogP contribution in [0, 0.1) is 6.92 Å². The SMILES string of the molecule is Cc1ccc(NC(=O)c2ccc3c(c2)C(=O)N(C2CCC(=O)NC2=O)C3=O)cc1Nc1nccc(-c2cccnc2)n1. The van der Waals surface area contributed by atoms with E-state index in [1.54, 1.807) is 36.8 Å². The minimum atomic E-state index is -1.08. The maximum absolute atomic E-state index is 13.2. The highest BCUT2D eigenvalue weighted by atomic mass is 16.2. The number of aryl methyl sites for hydroxylation is 1. The predicted molar refractivity (Wildman–Crippen MR) is 151 cm³/mol. The Balaban J connectivity index is 1.19. The number of benzene rings is 2. The molecule has 1 unspecified atom stereocenters. The highest BCUT2D eigenvalue weighted by Gasteiger charge is 2.44. The van der Waals surface area contributed by atoms with Gasteiger partial charge in [-0.1, -0.05) is 6.07 Å². The van der Waals surface area contributed by atoms with Gasteiger partial charge in [-0.05, 0) is 67.4 Å². The van der Waals surface area contributed by atoms with E-state index in [1.807, 2.05) is 25.1 Å². The molecule has 6 rings (SSSR count). The molecule has 3 N–H and O–H groups in total. The van der Waals surface area contributed by atoms with Crippen molar-refractivity contribution in [2.45, 2.75) is 25.8 Å². The maximum Gasteiger partial charge on any atom is 0.262 e. The Bertz CT molecular complexity index is 1790. The normalized spacial score (nSPS) is 16.2. The first-order valence-corrected chi connectivity index (χ1v) is 13.1. The van der Waals surface area contributed by atoms with Gasteiger partial charge in [0.15, 0.2) is 0 Å². The van der Waals surface area contributed by atoms with Crippen LogP contribution in [0.25, 0.3) is 11.3 Å². The summed E-state index contributed by atoms with van der Waals surface area (Å²) in [6.45, 7) is 1.90. The molecule has 12 nitrogen and oxygen atoms in total. The van der Waals surface area contributed by atoms with Crippen LogP contribution in [0.1, 0.15) is 49.5 Å². The lowest BCUT2D eigenvalue weighted by Gasteiger charge is -2.27. The number of nitrogens with zero attached hydrogens (tertiary/aromatic N) is 4. The second kappa shape index (κ2) is 10.7. The third-order valence-electron chi connectivity index (χ3n) is 7.06. The Morgan fingerprint density at radius 2 is 1.81 bits per heavy atom. The molecular formula is C30H23N7O5. The third kappa shape index (κ3) is 4.96. The van der Waals surface area contributed by atoms with Crippen LogP contribution in [0.3, 0.4) is 0 Å². The number of imide groups is 2. The fourth-order valence-electron chi connectivity index (χ4n) is 4.86. The van der Waals surface area contributed by atoms with Gasteiger partial charge in [-0.3, -0.25) is 39.2 Å². The summed E-state index contributed by atoms with van der Waals surface area (Å²) >= 11 is 0. The smallest absolute Gasteiger partial charge is 0.262 e. The average Bonchev–Trinajstić information content (AvgIpc) is 3.24. The summed E-state index contributed by atoms with van der Waals surface area (Å²) in [5, 5.41) is 8.16. The summed E-state index contributed by atoms with van der Waals surface area (Å²) in [4.78, 5) is 76.9. The lowest BCUT2D eigenvalue weighted by atomic mass is 10.0. The Kier molecular flexibility index (Phi) is 6.71. The molecular weight excluding hydrogens is 538 g/mol. The predicted octanol–water partition coefficient (Wildman–Crippen LogP) is 3.24. The summed E-state index contributed by atoms with van der Waals surface area (Å²) in [7, 11) is 0. The van der Waals surface area contributed by atoms with Crippen molar-refractivity contribution in [2.24, 2.45) is 0 Å². The lowest BCUT2D eigenvalue weighted by molar-refractivity contribution is -0.136. The Labute approximate surface area is 239 Å². The summed E-state index contributed by atoms with van der Waals surface area (Å²) < 4.78 is 0. The van der Waals surface area contributed by atoms with Crippen molar-refractivity contribution >= 4 is 46.9 Å². The van der Waals surface area contributed by atoms with Crippen LogP contribution in [0.4, 0.5) is 17.3 Å². The molecule has 0 spiro atoms. The van der Waals surface area contributed by atoms with E-state index >= 15 is 0 Å². The number of carbonyl (C=O) groups excluding carboxylic acids is 5. The van der Waals surface area contributed by atoms with E-state index in [-0.39, 0.29) is 29.5 Å². The summed E-state index contributed by atoms with van der Waals surface area (Å²) in [5.41, 5.74) is 3.85. The number of anilines is 3. The number of rotatable bonds is 6. The molecule has 208 valence electrons. The molecule has 5 amide bonds. The van der Waals surface area contributed by atoms with Gasteiger partial charge in [-0.15, -0.1) is 0 Å². The zero-order chi connectivity index (χ0) is 29.4. The quantitative estimate of drug-likeness (QED) is 0.300. The molecule has 0 aliphatic carbocycles. The van der Waals surface area contributed by atoms with E-state index in [0.29, 0.717) is 23.0 Å². The lowest BCUT2D eigenvalue weighted by Crippen LogP contribution is -2.54. The van der Waals surface area contributed by atoms with Crippen LogP contribution in [-0.2, 0) is 9.59 Å². The van der Waals surface area contributed by atoms with Crippen molar-refractivity contribution in [3.8, 4) is 11.3 Å². The molecule has 12 heteroatoms. The minimum absolute atomic E-state index is 0.0208. The highest BCUT2D eigenvalue weighted by Crippen LogP contribution is 2.29. The Hall–Kier alpha value is -5.78. The zero-order valence-corrected chi connectivity index (χ0v) is 22.2. The zero-order valence-electron chi connectivity index (χ0n) is 22.2. The molecule has 0 radical (unpaired) electrons. The Morgan fingerprint density at radius 1 is 0.976 bits per heavy atom. The number of piperidine rings is 1. The number of aromatic nitrogens is 3. The molecule has 1 atom stereocenters.